The number of aromatic hydroxyl groups is 1. The van der Waals surface area contributed by atoms with Crippen molar-refractivity contribution in [1.82, 2.24) is 19.9 Å². The molecule has 2 aromatic carbocycles. The van der Waals surface area contributed by atoms with Crippen molar-refractivity contribution >= 4 is 27.5 Å². The second-order valence-corrected chi connectivity index (χ2v) is 11.8. The lowest BCUT2D eigenvalue weighted by Gasteiger charge is -2.31. The summed E-state index contributed by atoms with van der Waals surface area (Å²) in [6.07, 6.45) is 2.55. The van der Waals surface area contributed by atoms with Crippen LogP contribution in [-0.2, 0) is 0 Å². The Bertz CT molecular complexity index is 1840. The number of nitrogens with one attached hydrogen (secondary N) is 1. The number of nitrogens with zero attached hydrogens (tertiary/aromatic N) is 4. The highest BCUT2D eigenvalue weighted by Crippen LogP contribution is 2.42. The first-order valence-electron chi connectivity index (χ1n) is 13.9. The van der Waals surface area contributed by atoms with Gasteiger partial charge < -0.3 is 15.2 Å². The monoisotopic (exact) mass is 615 g/mol. The normalized spacial score (nSPS) is 20.7. The lowest BCUT2D eigenvalue weighted by Crippen LogP contribution is -2.46. The summed E-state index contributed by atoms with van der Waals surface area (Å²) in [5.74, 6) is -0.275. The van der Waals surface area contributed by atoms with Crippen LogP contribution in [0, 0.1) is 24.0 Å². The SMILES string of the molecule is C#Cc1c(F)ccc2cc(O)cc(-c3ncc4c(NC(C)(C)C(F)(F)F)nc(OC[C@@]56CCCN5C[C@H](F)C6)nc4c3F)c12. The van der Waals surface area contributed by atoms with Crippen molar-refractivity contribution < 1.29 is 36.2 Å². The van der Waals surface area contributed by atoms with E-state index in [9.17, 15) is 27.1 Å². The smallest absolute Gasteiger partial charge is 0.410 e. The van der Waals surface area contributed by atoms with Crippen LogP contribution in [0.15, 0.2) is 30.5 Å². The topological polar surface area (TPSA) is 83.4 Å². The minimum absolute atomic E-state index is 0.0530. The number of rotatable bonds is 6. The summed E-state index contributed by atoms with van der Waals surface area (Å²) in [4.78, 5) is 14.5. The number of benzene rings is 2. The molecule has 0 amide bonds. The van der Waals surface area contributed by atoms with Gasteiger partial charge in [0.25, 0.3) is 0 Å². The fourth-order valence-electron chi connectivity index (χ4n) is 6.15. The molecule has 6 rings (SSSR count). The van der Waals surface area contributed by atoms with Gasteiger partial charge in [0.1, 0.15) is 46.9 Å². The number of pyridine rings is 1. The van der Waals surface area contributed by atoms with Crippen LogP contribution in [0.4, 0.5) is 32.2 Å². The summed E-state index contributed by atoms with van der Waals surface area (Å²) in [6.45, 7) is 2.66. The molecule has 230 valence electrons. The molecule has 0 radical (unpaired) electrons. The number of hydrogen-bond acceptors (Lipinski definition) is 7. The molecule has 7 nitrogen and oxygen atoms in total. The zero-order valence-corrected chi connectivity index (χ0v) is 23.7. The summed E-state index contributed by atoms with van der Waals surface area (Å²) in [5.41, 5.74) is -4.21. The molecule has 0 aliphatic carbocycles. The summed E-state index contributed by atoms with van der Waals surface area (Å²) in [7, 11) is 0. The molecular formula is C31H27F6N5O2. The molecule has 0 spiro atoms. The second-order valence-electron chi connectivity index (χ2n) is 11.8. The van der Waals surface area contributed by atoms with Crippen molar-refractivity contribution in [2.24, 2.45) is 0 Å². The average molecular weight is 616 g/mol. The zero-order valence-electron chi connectivity index (χ0n) is 23.7. The largest absolute Gasteiger partial charge is 0.508 e. The Hall–Kier alpha value is -4.31. The fourth-order valence-corrected chi connectivity index (χ4v) is 6.15. The molecule has 2 fully saturated rings. The Morgan fingerprint density at radius 3 is 2.70 bits per heavy atom. The van der Waals surface area contributed by atoms with Crippen molar-refractivity contribution in [3.63, 3.8) is 0 Å². The highest BCUT2D eigenvalue weighted by atomic mass is 19.4. The third-order valence-electron chi connectivity index (χ3n) is 8.49. The Morgan fingerprint density at radius 2 is 1.98 bits per heavy atom. The first-order valence-corrected chi connectivity index (χ1v) is 13.9. The molecule has 0 unspecified atom stereocenters. The molecule has 2 aliphatic rings. The minimum Gasteiger partial charge on any atom is -0.508 e. The van der Waals surface area contributed by atoms with Gasteiger partial charge in [-0.05, 0) is 56.8 Å². The predicted octanol–water partition coefficient (Wildman–Crippen LogP) is 6.52. The first-order chi connectivity index (χ1) is 20.7. The number of halogens is 6. The summed E-state index contributed by atoms with van der Waals surface area (Å²) < 4.78 is 92.9. The van der Waals surface area contributed by atoms with Crippen LogP contribution in [0.25, 0.3) is 32.9 Å². The molecular weight excluding hydrogens is 588 g/mol. The average Bonchev–Trinajstić information content (AvgIpc) is 3.47. The zero-order chi connectivity index (χ0) is 31.6. The van der Waals surface area contributed by atoms with Crippen molar-refractivity contribution in [3.05, 3.63) is 47.7 Å². The van der Waals surface area contributed by atoms with Gasteiger partial charge in [-0.25, -0.2) is 13.2 Å². The number of terminal acetylenes is 1. The Labute approximate surface area is 248 Å². The van der Waals surface area contributed by atoms with E-state index in [1.807, 2.05) is 4.90 Å². The molecule has 0 saturated carbocycles. The minimum atomic E-state index is -4.73. The van der Waals surface area contributed by atoms with E-state index in [2.05, 4.69) is 26.2 Å². The molecule has 4 heterocycles. The number of phenolic OH excluding ortho intramolecular Hbond substituents is 1. The number of alkyl halides is 4. The third kappa shape index (κ3) is 4.91. The van der Waals surface area contributed by atoms with Crippen molar-refractivity contribution in [2.45, 2.75) is 56.5 Å². The molecule has 44 heavy (non-hydrogen) atoms. The van der Waals surface area contributed by atoms with Crippen LogP contribution in [0.3, 0.4) is 0 Å². The van der Waals surface area contributed by atoms with E-state index in [-0.39, 0.29) is 52.9 Å². The predicted molar refractivity (Wildman–Crippen MR) is 152 cm³/mol. The van der Waals surface area contributed by atoms with E-state index in [0.29, 0.717) is 18.4 Å². The van der Waals surface area contributed by atoms with E-state index < -0.39 is 52.4 Å². The van der Waals surface area contributed by atoms with Gasteiger partial charge in [-0.1, -0.05) is 12.0 Å². The third-order valence-corrected chi connectivity index (χ3v) is 8.49. The Morgan fingerprint density at radius 1 is 1.20 bits per heavy atom. The van der Waals surface area contributed by atoms with Crippen LogP contribution in [0.1, 0.15) is 38.7 Å². The van der Waals surface area contributed by atoms with Crippen molar-refractivity contribution in [3.8, 4) is 35.4 Å². The number of aromatic nitrogens is 3. The van der Waals surface area contributed by atoms with Gasteiger partial charge in [-0.3, -0.25) is 9.88 Å². The van der Waals surface area contributed by atoms with Crippen LogP contribution in [0.2, 0.25) is 0 Å². The number of anilines is 1. The molecule has 2 aromatic heterocycles. The number of phenols is 1. The maximum Gasteiger partial charge on any atom is 0.410 e. The molecule has 4 aromatic rings. The number of hydrogen-bond donors (Lipinski definition) is 2. The van der Waals surface area contributed by atoms with Gasteiger partial charge in [0.2, 0.25) is 0 Å². The van der Waals surface area contributed by atoms with Gasteiger partial charge in [-0.2, -0.15) is 23.1 Å². The highest BCUT2D eigenvalue weighted by molar-refractivity contribution is 6.03. The van der Waals surface area contributed by atoms with E-state index in [4.69, 9.17) is 11.2 Å². The Balaban J connectivity index is 1.52. The first kappa shape index (κ1) is 29.7. The Kier molecular flexibility index (Phi) is 7.03. The molecule has 13 heteroatoms. The molecule has 2 atom stereocenters. The maximum atomic E-state index is 16.4. The lowest BCUT2D eigenvalue weighted by atomic mass is 9.95. The molecule has 0 bridgehead atoms. The fraction of sp³-hybridized carbons (Fsp3) is 0.387. The molecule has 2 aliphatic heterocycles. The van der Waals surface area contributed by atoms with Crippen LogP contribution < -0.4 is 10.1 Å². The summed E-state index contributed by atoms with van der Waals surface area (Å²) in [5, 5.41) is 12.9. The van der Waals surface area contributed by atoms with E-state index in [1.165, 1.54) is 12.1 Å². The molecule has 2 saturated heterocycles. The highest BCUT2D eigenvalue weighted by Gasteiger charge is 2.50. The van der Waals surface area contributed by atoms with Gasteiger partial charge in [0, 0.05) is 30.1 Å². The van der Waals surface area contributed by atoms with Crippen molar-refractivity contribution in [1.29, 1.82) is 0 Å². The van der Waals surface area contributed by atoms with E-state index in [1.54, 1.807) is 0 Å². The van der Waals surface area contributed by atoms with Gasteiger partial charge in [0.15, 0.2) is 5.82 Å². The van der Waals surface area contributed by atoms with Crippen LogP contribution in [0.5, 0.6) is 11.8 Å². The van der Waals surface area contributed by atoms with E-state index >= 15 is 4.39 Å². The maximum absolute atomic E-state index is 16.4. The van der Waals surface area contributed by atoms with Crippen LogP contribution >= 0.6 is 0 Å². The summed E-state index contributed by atoms with van der Waals surface area (Å²) >= 11 is 0. The van der Waals surface area contributed by atoms with Crippen LogP contribution in [-0.4, -0.2) is 68.1 Å². The second kappa shape index (κ2) is 10.4. The molecule has 2 N–H and O–H groups in total. The number of ether oxygens (including phenoxy) is 1. The van der Waals surface area contributed by atoms with Gasteiger partial charge >= 0.3 is 12.2 Å². The van der Waals surface area contributed by atoms with Gasteiger partial charge in [0.05, 0.1) is 16.5 Å². The summed E-state index contributed by atoms with van der Waals surface area (Å²) in [6, 6.07) is 4.53. The standard InChI is InChI=1S/C31H27F6N5O2/c1-4-19-22(33)7-6-16-10-18(43)11-20(23(16)19)25-24(34)26-21(13-38-25)27(41-29(2,3)31(35,36)37)40-28(39-26)44-15-30-8-5-9-42(30)14-17(32)12-30/h1,6-7,10-11,13,17,43H,5,8-9,12,14-15H2,2-3H3,(H,39,40,41)/t17-,30+/m1/s1. The van der Waals surface area contributed by atoms with E-state index in [0.717, 1.165) is 38.6 Å². The lowest BCUT2D eigenvalue weighted by molar-refractivity contribution is -0.168. The van der Waals surface area contributed by atoms with Crippen molar-refractivity contribution in [2.75, 3.05) is 25.0 Å². The quantitative estimate of drug-likeness (QED) is 0.189. The number of fused-ring (bicyclic) bond motifs is 3. The van der Waals surface area contributed by atoms with Gasteiger partial charge in [-0.15, -0.1) is 6.42 Å².